The molecular weight excluding hydrogens is 307 g/mol. The predicted molar refractivity (Wildman–Crippen MR) is 91.8 cm³/mol. The van der Waals surface area contributed by atoms with Crippen LogP contribution in [-0.2, 0) is 6.42 Å². The lowest BCUT2D eigenvalue weighted by molar-refractivity contribution is 0.305. The van der Waals surface area contributed by atoms with Crippen molar-refractivity contribution in [3.8, 4) is 5.75 Å². The molecule has 1 saturated heterocycles. The summed E-state index contributed by atoms with van der Waals surface area (Å²) in [7, 11) is 0. The molecule has 1 aliphatic rings. The second-order valence-corrected chi connectivity index (χ2v) is 5.98. The second kappa shape index (κ2) is 9.52. The molecule has 1 aliphatic heterocycles. The Labute approximate surface area is 139 Å². The van der Waals surface area contributed by atoms with Crippen LogP contribution < -0.4 is 10.5 Å². The van der Waals surface area contributed by atoms with Crippen LogP contribution in [0.4, 0.5) is 0 Å². The number of rotatable bonds is 7. The van der Waals surface area contributed by atoms with Crippen LogP contribution in [0.5, 0.6) is 5.75 Å². The first-order valence-corrected chi connectivity index (χ1v) is 7.94. The molecule has 5 heteroatoms. The van der Waals surface area contributed by atoms with E-state index in [1.807, 2.05) is 18.2 Å². The molecule has 0 aliphatic carbocycles. The summed E-state index contributed by atoms with van der Waals surface area (Å²) in [6, 6.07) is 5.92. The number of halogens is 2. The number of likely N-dealkylation sites (tertiary alicyclic amines) is 1. The number of ether oxygens (including phenoxy) is 1. The van der Waals surface area contributed by atoms with E-state index >= 15 is 0 Å². The molecule has 1 heterocycles. The first kappa shape index (κ1) is 18.6. The zero-order chi connectivity index (χ0) is 14.4. The third-order valence-corrected chi connectivity index (χ3v) is 4.12. The van der Waals surface area contributed by atoms with Crippen molar-refractivity contribution in [3.05, 3.63) is 28.8 Å². The Morgan fingerprint density at radius 1 is 1.43 bits per heavy atom. The fraction of sp³-hybridized carbons (Fsp3) is 0.625. The summed E-state index contributed by atoms with van der Waals surface area (Å²) in [6.07, 6.45) is 3.23. The third kappa shape index (κ3) is 5.67. The first-order valence-electron chi connectivity index (χ1n) is 7.56. The summed E-state index contributed by atoms with van der Waals surface area (Å²) >= 11 is 6.11. The van der Waals surface area contributed by atoms with Gasteiger partial charge < -0.3 is 15.4 Å². The maximum Gasteiger partial charge on any atom is 0.122 e. The number of nitrogens with two attached hydrogens (primary N) is 1. The van der Waals surface area contributed by atoms with E-state index < -0.39 is 0 Å². The molecule has 1 aromatic carbocycles. The van der Waals surface area contributed by atoms with Crippen molar-refractivity contribution in [2.75, 3.05) is 32.8 Å². The molecule has 3 nitrogen and oxygen atoms in total. The third-order valence-electron chi connectivity index (χ3n) is 3.88. The monoisotopic (exact) mass is 332 g/mol. The van der Waals surface area contributed by atoms with Gasteiger partial charge in [0, 0.05) is 18.1 Å². The zero-order valence-electron chi connectivity index (χ0n) is 12.7. The van der Waals surface area contributed by atoms with Gasteiger partial charge in [0.1, 0.15) is 5.75 Å². The average molecular weight is 333 g/mol. The van der Waals surface area contributed by atoms with Crippen LogP contribution in [0.25, 0.3) is 0 Å². The van der Waals surface area contributed by atoms with Crippen LogP contribution in [0.1, 0.15) is 25.3 Å². The highest BCUT2D eigenvalue weighted by molar-refractivity contribution is 6.30. The van der Waals surface area contributed by atoms with Crippen LogP contribution >= 0.6 is 24.0 Å². The Hall–Kier alpha value is -0.480. The highest BCUT2D eigenvalue weighted by atomic mass is 35.5. The molecule has 2 rings (SSSR count). The smallest absolute Gasteiger partial charge is 0.122 e. The average Bonchev–Trinajstić information content (AvgIpc) is 2.92. The molecule has 2 N–H and O–H groups in total. The molecular formula is C16H26Cl2N2O. The molecule has 21 heavy (non-hydrogen) atoms. The minimum Gasteiger partial charge on any atom is -0.493 e. The van der Waals surface area contributed by atoms with Crippen molar-refractivity contribution in [2.24, 2.45) is 11.7 Å². The molecule has 0 spiro atoms. The van der Waals surface area contributed by atoms with E-state index in [9.17, 15) is 0 Å². The minimum absolute atomic E-state index is 0. The molecule has 0 aromatic heterocycles. The maximum absolute atomic E-state index is 6.11. The Balaban J connectivity index is 0.00000220. The molecule has 1 atom stereocenters. The van der Waals surface area contributed by atoms with Crippen molar-refractivity contribution in [1.82, 2.24) is 4.90 Å². The minimum atomic E-state index is 0. The summed E-state index contributed by atoms with van der Waals surface area (Å²) in [6.45, 7) is 7.02. The molecule has 1 fully saturated rings. The summed E-state index contributed by atoms with van der Waals surface area (Å²) in [5.41, 5.74) is 6.95. The molecule has 0 unspecified atom stereocenters. The fourth-order valence-corrected chi connectivity index (χ4v) is 2.88. The van der Waals surface area contributed by atoms with Gasteiger partial charge in [-0.1, -0.05) is 18.5 Å². The van der Waals surface area contributed by atoms with Gasteiger partial charge in [-0.2, -0.15) is 0 Å². The Morgan fingerprint density at radius 3 is 2.90 bits per heavy atom. The molecule has 120 valence electrons. The SMILES string of the molecule is CCCOc1ccc(Cl)cc1CCN1CC[C@@H](CN)C1.Cl. The van der Waals surface area contributed by atoms with Crippen LogP contribution in [0, 0.1) is 5.92 Å². The van der Waals surface area contributed by atoms with Crippen molar-refractivity contribution in [1.29, 1.82) is 0 Å². The highest BCUT2D eigenvalue weighted by Crippen LogP contribution is 2.24. The van der Waals surface area contributed by atoms with E-state index in [1.165, 1.54) is 12.0 Å². The molecule has 1 aromatic rings. The van der Waals surface area contributed by atoms with E-state index in [0.717, 1.165) is 56.4 Å². The van der Waals surface area contributed by atoms with Gasteiger partial charge in [-0.05, 0) is 62.0 Å². The van der Waals surface area contributed by atoms with Crippen LogP contribution in [0.3, 0.4) is 0 Å². The molecule has 0 saturated carbocycles. The van der Waals surface area contributed by atoms with Gasteiger partial charge in [0.15, 0.2) is 0 Å². The fourth-order valence-electron chi connectivity index (χ4n) is 2.68. The normalized spacial score (nSPS) is 18.5. The summed E-state index contributed by atoms with van der Waals surface area (Å²) < 4.78 is 5.80. The summed E-state index contributed by atoms with van der Waals surface area (Å²) in [4.78, 5) is 2.49. The van der Waals surface area contributed by atoms with Gasteiger partial charge >= 0.3 is 0 Å². The van der Waals surface area contributed by atoms with Gasteiger partial charge in [0.05, 0.1) is 6.61 Å². The van der Waals surface area contributed by atoms with Crippen molar-refractivity contribution in [2.45, 2.75) is 26.2 Å². The van der Waals surface area contributed by atoms with E-state index in [0.29, 0.717) is 5.92 Å². The van der Waals surface area contributed by atoms with E-state index in [4.69, 9.17) is 22.1 Å². The number of benzene rings is 1. The van der Waals surface area contributed by atoms with Crippen LogP contribution in [-0.4, -0.2) is 37.7 Å². The molecule has 0 amide bonds. The van der Waals surface area contributed by atoms with Crippen LogP contribution in [0.2, 0.25) is 5.02 Å². The van der Waals surface area contributed by atoms with Crippen molar-refractivity contribution >= 4 is 24.0 Å². The van der Waals surface area contributed by atoms with E-state index in [-0.39, 0.29) is 12.4 Å². The van der Waals surface area contributed by atoms with Gasteiger partial charge in [-0.25, -0.2) is 0 Å². The van der Waals surface area contributed by atoms with E-state index in [1.54, 1.807) is 0 Å². The second-order valence-electron chi connectivity index (χ2n) is 5.54. The highest BCUT2D eigenvalue weighted by Gasteiger charge is 2.21. The van der Waals surface area contributed by atoms with Gasteiger partial charge in [0.25, 0.3) is 0 Å². The Morgan fingerprint density at radius 2 is 2.24 bits per heavy atom. The van der Waals surface area contributed by atoms with E-state index in [2.05, 4.69) is 11.8 Å². The largest absolute Gasteiger partial charge is 0.493 e. The Bertz CT molecular complexity index is 429. The number of hydrogen-bond acceptors (Lipinski definition) is 3. The van der Waals surface area contributed by atoms with Crippen LogP contribution in [0.15, 0.2) is 18.2 Å². The first-order chi connectivity index (χ1) is 9.72. The van der Waals surface area contributed by atoms with Gasteiger partial charge in [-0.3, -0.25) is 0 Å². The lowest BCUT2D eigenvalue weighted by Crippen LogP contribution is -2.25. The zero-order valence-corrected chi connectivity index (χ0v) is 14.3. The lowest BCUT2D eigenvalue weighted by atomic mass is 10.1. The van der Waals surface area contributed by atoms with Gasteiger partial charge in [0.2, 0.25) is 0 Å². The van der Waals surface area contributed by atoms with Crippen molar-refractivity contribution in [3.63, 3.8) is 0 Å². The number of nitrogens with zero attached hydrogens (tertiary/aromatic N) is 1. The lowest BCUT2D eigenvalue weighted by Gasteiger charge is -2.17. The quantitative estimate of drug-likeness (QED) is 0.831. The Kier molecular flexibility index (Phi) is 8.42. The van der Waals surface area contributed by atoms with Crippen molar-refractivity contribution < 1.29 is 4.74 Å². The predicted octanol–water partition coefficient (Wildman–Crippen LogP) is 3.37. The summed E-state index contributed by atoms with van der Waals surface area (Å²) in [5.74, 6) is 1.65. The maximum atomic E-state index is 6.11. The topological polar surface area (TPSA) is 38.5 Å². The molecule has 0 bridgehead atoms. The standard InChI is InChI=1S/C16H25ClN2O.ClH/c1-2-9-20-16-4-3-15(17)10-14(16)6-8-19-7-5-13(11-18)12-19;/h3-4,10,13H,2,5-9,11-12,18H2,1H3;1H/t13-;/m0./s1. The van der Waals surface area contributed by atoms with Gasteiger partial charge in [-0.15, -0.1) is 12.4 Å². The molecule has 0 radical (unpaired) electrons. The number of hydrogen-bond donors (Lipinski definition) is 1. The summed E-state index contributed by atoms with van der Waals surface area (Å²) in [5, 5.41) is 0.783.